The summed E-state index contributed by atoms with van der Waals surface area (Å²) in [6.07, 6.45) is 0. The lowest BCUT2D eigenvalue weighted by Gasteiger charge is -2.16. The summed E-state index contributed by atoms with van der Waals surface area (Å²) in [6.45, 7) is 6.85. The summed E-state index contributed by atoms with van der Waals surface area (Å²) in [6, 6.07) is 2.21. The molecule has 0 radical (unpaired) electrons. The van der Waals surface area contributed by atoms with E-state index in [1.54, 1.807) is 0 Å². The molecule has 0 amide bonds. The van der Waals surface area contributed by atoms with Crippen molar-refractivity contribution >= 4 is 39.0 Å². The first kappa shape index (κ1) is 11.6. The molecule has 1 heterocycles. The molecule has 0 unspecified atom stereocenters. The number of halogens is 1. The third-order valence-corrected chi connectivity index (χ3v) is 4.87. The van der Waals surface area contributed by atoms with Gasteiger partial charge in [-0.2, -0.15) is 11.8 Å². The fraction of sp³-hybridized carbons (Fsp3) is 0.600. The molecule has 1 rings (SSSR count). The molecule has 1 aromatic heterocycles. The number of rotatable bonds is 3. The highest BCUT2D eigenvalue weighted by molar-refractivity contribution is 9.10. The summed E-state index contributed by atoms with van der Waals surface area (Å²) >= 11 is 7.31. The van der Waals surface area contributed by atoms with Crippen LogP contribution in [-0.4, -0.2) is 5.75 Å². The Morgan fingerprint density at radius 3 is 2.62 bits per heavy atom. The van der Waals surface area contributed by atoms with E-state index in [0.717, 1.165) is 5.75 Å². The van der Waals surface area contributed by atoms with Gasteiger partial charge >= 0.3 is 0 Å². The van der Waals surface area contributed by atoms with Gasteiger partial charge in [-0.25, -0.2) is 0 Å². The van der Waals surface area contributed by atoms with Crippen molar-refractivity contribution in [1.29, 1.82) is 0 Å². The van der Waals surface area contributed by atoms with Crippen molar-refractivity contribution in [3.05, 3.63) is 20.8 Å². The molecule has 0 nitrogen and oxygen atoms in total. The van der Waals surface area contributed by atoms with Crippen LogP contribution in [0.2, 0.25) is 0 Å². The van der Waals surface area contributed by atoms with Gasteiger partial charge in [0.2, 0.25) is 0 Å². The van der Waals surface area contributed by atoms with Gasteiger partial charge in [0.25, 0.3) is 0 Å². The molecule has 0 aliphatic carbocycles. The maximum atomic E-state index is 3.46. The summed E-state index contributed by atoms with van der Waals surface area (Å²) in [5.41, 5.74) is 0.444. The van der Waals surface area contributed by atoms with E-state index >= 15 is 0 Å². The molecule has 0 bridgehead atoms. The first-order valence-corrected chi connectivity index (χ1v) is 7.11. The minimum absolute atomic E-state index is 0.444. The highest BCUT2D eigenvalue weighted by Gasteiger charge is 2.09. The van der Waals surface area contributed by atoms with Crippen LogP contribution in [0.25, 0.3) is 0 Å². The van der Waals surface area contributed by atoms with Gasteiger partial charge in [0.15, 0.2) is 0 Å². The molecule has 0 fully saturated rings. The lowest BCUT2D eigenvalue weighted by Crippen LogP contribution is -2.08. The first-order valence-electron chi connectivity index (χ1n) is 4.28. The Bertz CT molecular complexity index is 260. The molecule has 0 spiro atoms. The van der Waals surface area contributed by atoms with Crippen LogP contribution < -0.4 is 0 Å². The molecular formula is C10H15BrS2. The second-order valence-electron chi connectivity index (χ2n) is 4.28. The molecule has 0 N–H and O–H groups in total. The first-order chi connectivity index (χ1) is 5.97. The predicted octanol–water partition coefficient (Wildman–Crippen LogP) is 4.79. The quantitative estimate of drug-likeness (QED) is 0.766. The summed E-state index contributed by atoms with van der Waals surface area (Å²) in [4.78, 5) is 1.46. The highest BCUT2D eigenvalue weighted by atomic mass is 79.9. The van der Waals surface area contributed by atoms with Gasteiger partial charge in [-0.05, 0) is 33.2 Å². The fourth-order valence-corrected chi connectivity index (χ4v) is 3.64. The van der Waals surface area contributed by atoms with Crippen LogP contribution in [0.1, 0.15) is 25.6 Å². The Kier molecular flexibility index (Phi) is 4.33. The van der Waals surface area contributed by atoms with E-state index in [1.807, 2.05) is 23.1 Å². The van der Waals surface area contributed by atoms with Crippen molar-refractivity contribution in [2.24, 2.45) is 5.41 Å². The Balaban J connectivity index is 2.28. The van der Waals surface area contributed by atoms with E-state index in [4.69, 9.17) is 0 Å². The number of thiophene rings is 1. The maximum absolute atomic E-state index is 3.46. The molecule has 1 aromatic rings. The van der Waals surface area contributed by atoms with Gasteiger partial charge in [-0.3, -0.25) is 0 Å². The van der Waals surface area contributed by atoms with Crippen LogP contribution in [0.4, 0.5) is 0 Å². The van der Waals surface area contributed by atoms with Crippen LogP contribution >= 0.6 is 39.0 Å². The van der Waals surface area contributed by atoms with Crippen LogP contribution in [0.15, 0.2) is 15.9 Å². The number of hydrogen-bond donors (Lipinski definition) is 0. The standard InChI is InChI=1S/C10H15BrS2/c1-10(2,3)7-12-6-9-4-8(11)5-13-9/h4-5H,6-7H2,1-3H3. The summed E-state index contributed by atoms with van der Waals surface area (Å²) in [5.74, 6) is 2.37. The molecule has 0 atom stereocenters. The second-order valence-corrected chi connectivity index (χ2v) is 7.18. The molecular weight excluding hydrogens is 264 g/mol. The van der Waals surface area contributed by atoms with E-state index in [2.05, 4.69) is 48.1 Å². The smallest absolute Gasteiger partial charge is 0.0285 e. The second kappa shape index (κ2) is 4.85. The van der Waals surface area contributed by atoms with E-state index in [-0.39, 0.29) is 0 Å². The van der Waals surface area contributed by atoms with Gasteiger partial charge in [0.05, 0.1) is 0 Å². The predicted molar refractivity (Wildman–Crippen MR) is 67.6 cm³/mol. The fourth-order valence-electron chi connectivity index (χ4n) is 0.887. The zero-order valence-electron chi connectivity index (χ0n) is 8.26. The lowest BCUT2D eigenvalue weighted by molar-refractivity contribution is 0.481. The maximum Gasteiger partial charge on any atom is 0.0285 e. The Hall–Kier alpha value is 0.530. The van der Waals surface area contributed by atoms with E-state index in [9.17, 15) is 0 Å². The highest BCUT2D eigenvalue weighted by Crippen LogP contribution is 2.27. The molecule has 0 aliphatic rings. The Morgan fingerprint density at radius 1 is 1.46 bits per heavy atom. The molecule has 74 valence electrons. The van der Waals surface area contributed by atoms with Crippen LogP contribution in [-0.2, 0) is 5.75 Å². The van der Waals surface area contributed by atoms with Crippen molar-refractivity contribution in [1.82, 2.24) is 0 Å². The SMILES string of the molecule is CC(C)(C)CSCc1cc(Br)cs1. The lowest BCUT2D eigenvalue weighted by atomic mass is 10.0. The number of thioether (sulfide) groups is 1. The van der Waals surface area contributed by atoms with Crippen molar-refractivity contribution < 1.29 is 0 Å². The van der Waals surface area contributed by atoms with E-state index in [0.29, 0.717) is 5.41 Å². The molecule has 3 heteroatoms. The monoisotopic (exact) mass is 278 g/mol. The van der Waals surface area contributed by atoms with Crippen molar-refractivity contribution in [3.63, 3.8) is 0 Å². The Labute approximate surface area is 97.3 Å². The van der Waals surface area contributed by atoms with Crippen LogP contribution in [0.5, 0.6) is 0 Å². The normalized spacial score (nSPS) is 12.0. The van der Waals surface area contributed by atoms with Crippen molar-refractivity contribution in [3.8, 4) is 0 Å². The molecule has 0 saturated heterocycles. The minimum atomic E-state index is 0.444. The topological polar surface area (TPSA) is 0 Å². The summed E-state index contributed by atoms with van der Waals surface area (Å²) in [7, 11) is 0. The third-order valence-electron chi connectivity index (χ3n) is 1.40. The zero-order valence-corrected chi connectivity index (χ0v) is 11.5. The van der Waals surface area contributed by atoms with Crippen molar-refractivity contribution in [2.45, 2.75) is 26.5 Å². The summed E-state index contributed by atoms with van der Waals surface area (Å²) < 4.78 is 1.21. The molecule has 13 heavy (non-hydrogen) atoms. The minimum Gasteiger partial charge on any atom is -0.156 e. The van der Waals surface area contributed by atoms with E-state index < -0.39 is 0 Å². The molecule has 0 saturated carbocycles. The van der Waals surface area contributed by atoms with Crippen LogP contribution in [0, 0.1) is 5.41 Å². The largest absolute Gasteiger partial charge is 0.156 e. The third kappa shape index (κ3) is 5.08. The van der Waals surface area contributed by atoms with Gasteiger partial charge < -0.3 is 0 Å². The molecule has 0 aliphatic heterocycles. The van der Waals surface area contributed by atoms with Gasteiger partial charge in [-0.15, -0.1) is 11.3 Å². The zero-order chi connectivity index (χ0) is 9.90. The Morgan fingerprint density at radius 2 is 2.15 bits per heavy atom. The van der Waals surface area contributed by atoms with Gasteiger partial charge in [-0.1, -0.05) is 20.8 Å². The molecule has 0 aromatic carbocycles. The van der Waals surface area contributed by atoms with Gasteiger partial charge in [0.1, 0.15) is 0 Å². The van der Waals surface area contributed by atoms with E-state index in [1.165, 1.54) is 15.1 Å². The van der Waals surface area contributed by atoms with Gasteiger partial charge in [0, 0.05) is 20.5 Å². The average molecular weight is 279 g/mol. The number of hydrogen-bond acceptors (Lipinski definition) is 2. The van der Waals surface area contributed by atoms with Crippen LogP contribution in [0.3, 0.4) is 0 Å². The summed E-state index contributed by atoms with van der Waals surface area (Å²) in [5, 5.41) is 2.15. The van der Waals surface area contributed by atoms with Crippen molar-refractivity contribution in [2.75, 3.05) is 5.75 Å². The average Bonchev–Trinajstić information content (AvgIpc) is 2.33.